The third kappa shape index (κ3) is 5.28. The van der Waals surface area contributed by atoms with E-state index in [2.05, 4.69) is 5.32 Å². The van der Waals surface area contributed by atoms with Crippen LogP contribution in [0.5, 0.6) is 0 Å². The molecule has 0 bridgehead atoms. The Morgan fingerprint density at radius 3 is 2.79 bits per heavy atom. The highest BCUT2D eigenvalue weighted by Gasteiger charge is 2.10. The van der Waals surface area contributed by atoms with Crippen molar-refractivity contribution in [2.75, 3.05) is 44.4 Å². The SMILES string of the molecule is CCN(CCOC)CC(=O)Nc1ccc(C)cc1N. The van der Waals surface area contributed by atoms with Crippen LogP contribution in [0.1, 0.15) is 12.5 Å². The lowest BCUT2D eigenvalue weighted by atomic mass is 10.2. The van der Waals surface area contributed by atoms with Crippen LogP contribution in [0.4, 0.5) is 11.4 Å². The number of amides is 1. The van der Waals surface area contributed by atoms with E-state index in [1.807, 2.05) is 36.9 Å². The van der Waals surface area contributed by atoms with Crippen molar-refractivity contribution in [1.29, 1.82) is 0 Å². The molecule has 0 radical (unpaired) electrons. The average molecular weight is 265 g/mol. The van der Waals surface area contributed by atoms with Crippen LogP contribution in [0.25, 0.3) is 0 Å². The number of hydrogen-bond acceptors (Lipinski definition) is 4. The van der Waals surface area contributed by atoms with Gasteiger partial charge in [-0.3, -0.25) is 9.69 Å². The molecule has 1 aromatic carbocycles. The third-order valence-corrected chi connectivity index (χ3v) is 2.91. The number of rotatable bonds is 7. The van der Waals surface area contributed by atoms with Gasteiger partial charge in [0, 0.05) is 13.7 Å². The number of likely N-dealkylation sites (N-methyl/N-ethyl adjacent to an activating group) is 1. The maximum absolute atomic E-state index is 11.9. The van der Waals surface area contributed by atoms with Gasteiger partial charge in [0.1, 0.15) is 0 Å². The van der Waals surface area contributed by atoms with Crippen molar-refractivity contribution in [1.82, 2.24) is 4.90 Å². The zero-order valence-electron chi connectivity index (χ0n) is 11.9. The van der Waals surface area contributed by atoms with Crippen LogP contribution in [0.2, 0.25) is 0 Å². The van der Waals surface area contributed by atoms with Crippen molar-refractivity contribution in [2.45, 2.75) is 13.8 Å². The summed E-state index contributed by atoms with van der Waals surface area (Å²) in [5.41, 5.74) is 8.20. The van der Waals surface area contributed by atoms with Crippen molar-refractivity contribution in [3.8, 4) is 0 Å². The number of hydrogen-bond donors (Lipinski definition) is 2. The molecule has 19 heavy (non-hydrogen) atoms. The molecule has 1 rings (SSSR count). The van der Waals surface area contributed by atoms with Crippen molar-refractivity contribution in [2.24, 2.45) is 0 Å². The lowest BCUT2D eigenvalue weighted by molar-refractivity contribution is -0.117. The summed E-state index contributed by atoms with van der Waals surface area (Å²) in [5.74, 6) is -0.0616. The highest BCUT2D eigenvalue weighted by Crippen LogP contribution is 2.19. The molecular weight excluding hydrogens is 242 g/mol. The fraction of sp³-hybridized carbons (Fsp3) is 0.500. The topological polar surface area (TPSA) is 67.6 Å². The van der Waals surface area contributed by atoms with E-state index in [1.165, 1.54) is 0 Å². The highest BCUT2D eigenvalue weighted by atomic mass is 16.5. The smallest absolute Gasteiger partial charge is 0.238 e. The predicted octanol–water partition coefficient (Wildman–Crippen LogP) is 1.48. The molecular formula is C14H23N3O2. The third-order valence-electron chi connectivity index (χ3n) is 2.91. The molecule has 0 heterocycles. The molecule has 1 aromatic rings. The molecule has 106 valence electrons. The van der Waals surface area contributed by atoms with Crippen LogP contribution in [0, 0.1) is 6.92 Å². The number of carbonyl (C=O) groups is 1. The maximum atomic E-state index is 11.9. The summed E-state index contributed by atoms with van der Waals surface area (Å²) < 4.78 is 5.01. The molecule has 0 aliphatic heterocycles. The minimum Gasteiger partial charge on any atom is -0.397 e. The van der Waals surface area contributed by atoms with Crippen LogP contribution in [0.15, 0.2) is 18.2 Å². The number of nitrogens with zero attached hydrogens (tertiary/aromatic N) is 1. The van der Waals surface area contributed by atoms with E-state index < -0.39 is 0 Å². The first kappa shape index (κ1) is 15.5. The molecule has 0 aliphatic carbocycles. The van der Waals surface area contributed by atoms with Gasteiger partial charge < -0.3 is 15.8 Å². The highest BCUT2D eigenvalue weighted by molar-refractivity contribution is 5.95. The second-order valence-corrected chi connectivity index (χ2v) is 4.50. The van der Waals surface area contributed by atoms with Gasteiger partial charge in [-0.25, -0.2) is 0 Å². The minimum absolute atomic E-state index is 0.0616. The van der Waals surface area contributed by atoms with Gasteiger partial charge in [0.25, 0.3) is 0 Å². The Bertz CT molecular complexity index is 421. The molecule has 5 nitrogen and oxygen atoms in total. The first-order chi connectivity index (χ1) is 9.06. The number of aryl methyl sites for hydroxylation is 1. The van der Waals surface area contributed by atoms with Crippen molar-refractivity contribution >= 4 is 17.3 Å². The Kier molecular flexibility index (Phi) is 6.32. The standard InChI is InChI=1S/C14H23N3O2/c1-4-17(7-8-19-3)10-14(18)16-13-6-5-11(2)9-12(13)15/h5-6,9H,4,7-8,10,15H2,1-3H3,(H,16,18). The van der Waals surface area contributed by atoms with E-state index in [-0.39, 0.29) is 5.91 Å². The zero-order chi connectivity index (χ0) is 14.3. The van der Waals surface area contributed by atoms with Gasteiger partial charge in [-0.2, -0.15) is 0 Å². The van der Waals surface area contributed by atoms with E-state index in [0.29, 0.717) is 24.5 Å². The number of nitrogens with one attached hydrogen (secondary N) is 1. The van der Waals surface area contributed by atoms with Crippen LogP contribution >= 0.6 is 0 Å². The number of anilines is 2. The summed E-state index contributed by atoms with van der Waals surface area (Å²) in [6.45, 7) is 6.49. The lowest BCUT2D eigenvalue weighted by Gasteiger charge is -2.19. The molecule has 0 saturated heterocycles. The molecule has 0 saturated carbocycles. The number of ether oxygens (including phenoxy) is 1. The molecule has 0 unspecified atom stereocenters. The van der Waals surface area contributed by atoms with Gasteiger partial charge in [0.2, 0.25) is 5.91 Å². The van der Waals surface area contributed by atoms with Gasteiger partial charge in [-0.15, -0.1) is 0 Å². The number of benzene rings is 1. The van der Waals surface area contributed by atoms with E-state index in [4.69, 9.17) is 10.5 Å². The summed E-state index contributed by atoms with van der Waals surface area (Å²) >= 11 is 0. The van der Waals surface area contributed by atoms with Gasteiger partial charge >= 0.3 is 0 Å². The van der Waals surface area contributed by atoms with Crippen molar-refractivity contribution in [3.05, 3.63) is 23.8 Å². The average Bonchev–Trinajstić information content (AvgIpc) is 2.38. The van der Waals surface area contributed by atoms with Crippen molar-refractivity contribution < 1.29 is 9.53 Å². The summed E-state index contributed by atoms with van der Waals surface area (Å²) in [6.07, 6.45) is 0. The summed E-state index contributed by atoms with van der Waals surface area (Å²) in [7, 11) is 1.65. The second kappa shape index (κ2) is 7.76. The van der Waals surface area contributed by atoms with Gasteiger partial charge in [-0.1, -0.05) is 13.0 Å². The summed E-state index contributed by atoms with van der Waals surface area (Å²) in [6, 6.07) is 5.60. The molecule has 1 amide bonds. The zero-order valence-corrected chi connectivity index (χ0v) is 11.9. The molecule has 0 aliphatic rings. The van der Waals surface area contributed by atoms with Crippen LogP contribution in [-0.4, -0.2) is 44.2 Å². The molecule has 5 heteroatoms. The summed E-state index contributed by atoms with van der Waals surface area (Å²) in [4.78, 5) is 13.9. The fourth-order valence-corrected chi connectivity index (χ4v) is 1.76. The van der Waals surface area contributed by atoms with E-state index in [1.54, 1.807) is 7.11 Å². The Morgan fingerprint density at radius 2 is 2.21 bits per heavy atom. The Labute approximate surface area is 114 Å². The molecule has 0 spiro atoms. The van der Waals surface area contributed by atoms with E-state index in [9.17, 15) is 4.79 Å². The largest absolute Gasteiger partial charge is 0.397 e. The van der Waals surface area contributed by atoms with Gasteiger partial charge in [-0.05, 0) is 31.2 Å². The quantitative estimate of drug-likeness (QED) is 0.733. The predicted molar refractivity (Wildman–Crippen MR) is 78.2 cm³/mol. The number of carbonyl (C=O) groups excluding carboxylic acids is 1. The number of methoxy groups -OCH3 is 1. The first-order valence-electron chi connectivity index (χ1n) is 6.44. The normalized spacial score (nSPS) is 10.7. The monoisotopic (exact) mass is 265 g/mol. The molecule has 0 fully saturated rings. The molecule has 0 atom stereocenters. The lowest BCUT2D eigenvalue weighted by Crippen LogP contribution is -2.35. The fourth-order valence-electron chi connectivity index (χ4n) is 1.76. The molecule has 3 N–H and O–H groups in total. The van der Waals surface area contributed by atoms with Crippen molar-refractivity contribution in [3.63, 3.8) is 0 Å². The number of nitrogens with two attached hydrogens (primary N) is 1. The minimum atomic E-state index is -0.0616. The second-order valence-electron chi connectivity index (χ2n) is 4.50. The van der Waals surface area contributed by atoms with Crippen LogP contribution in [0.3, 0.4) is 0 Å². The van der Waals surface area contributed by atoms with E-state index >= 15 is 0 Å². The number of nitrogen functional groups attached to an aromatic ring is 1. The van der Waals surface area contributed by atoms with Gasteiger partial charge in [0.15, 0.2) is 0 Å². The first-order valence-corrected chi connectivity index (χ1v) is 6.44. The Hall–Kier alpha value is -1.59. The Morgan fingerprint density at radius 1 is 1.47 bits per heavy atom. The van der Waals surface area contributed by atoms with Crippen LogP contribution < -0.4 is 11.1 Å². The van der Waals surface area contributed by atoms with Gasteiger partial charge in [0.05, 0.1) is 24.5 Å². The maximum Gasteiger partial charge on any atom is 0.238 e. The van der Waals surface area contributed by atoms with E-state index in [0.717, 1.165) is 18.7 Å². The molecule has 0 aromatic heterocycles. The summed E-state index contributed by atoms with van der Waals surface area (Å²) in [5, 5.41) is 2.83. The Balaban J connectivity index is 2.54. The van der Waals surface area contributed by atoms with Crippen LogP contribution in [-0.2, 0) is 9.53 Å².